The van der Waals surface area contributed by atoms with Crippen LogP contribution < -0.4 is 10.6 Å². The van der Waals surface area contributed by atoms with Gasteiger partial charge in [-0.25, -0.2) is 0 Å². The van der Waals surface area contributed by atoms with Gasteiger partial charge in [0.25, 0.3) is 0 Å². The van der Waals surface area contributed by atoms with Crippen LogP contribution in [0.5, 0.6) is 0 Å². The minimum absolute atomic E-state index is 0.270. The Morgan fingerprint density at radius 3 is 2.31 bits per heavy atom. The summed E-state index contributed by atoms with van der Waals surface area (Å²) in [6.45, 7) is 7.43. The highest BCUT2D eigenvalue weighted by atomic mass is 16.2. The van der Waals surface area contributed by atoms with Gasteiger partial charge >= 0.3 is 0 Å². The Balaban J connectivity index is 1.43. The summed E-state index contributed by atoms with van der Waals surface area (Å²) in [5, 5.41) is 6.76. The average Bonchev–Trinajstić information content (AvgIpc) is 3.09. The Kier molecular flexibility index (Phi) is 7.28. The lowest BCUT2D eigenvalue weighted by molar-refractivity contribution is -0.128. The molecule has 0 saturated carbocycles. The molecule has 1 saturated heterocycles. The monoisotopic (exact) mass is 392 g/mol. The minimum Gasteiger partial charge on any atom is -0.356 e. The molecule has 0 spiro atoms. The van der Waals surface area contributed by atoms with Crippen LogP contribution in [-0.4, -0.2) is 36.9 Å². The van der Waals surface area contributed by atoms with E-state index in [1.165, 1.54) is 27.8 Å². The number of likely N-dealkylation sites (tertiary alicyclic amines) is 1. The molecule has 5 heteroatoms. The number of benzene rings is 2. The maximum Gasteiger partial charge on any atom is 0.222 e. The first kappa shape index (κ1) is 20.9. The van der Waals surface area contributed by atoms with Crippen molar-refractivity contribution in [3.05, 3.63) is 70.3 Å². The van der Waals surface area contributed by atoms with Crippen LogP contribution in [-0.2, 0) is 24.3 Å². The van der Waals surface area contributed by atoms with E-state index >= 15 is 0 Å². The predicted octanol–water partition coefficient (Wildman–Crippen LogP) is 3.33. The number of rotatable bonds is 7. The molecule has 1 fully saturated rings. The summed E-state index contributed by atoms with van der Waals surface area (Å²) in [4.78, 5) is 18.0. The normalized spacial score (nSPS) is 14.4. The average molecular weight is 393 g/mol. The third kappa shape index (κ3) is 6.34. The highest BCUT2D eigenvalue weighted by Crippen LogP contribution is 2.14. The summed E-state index contributed by atoms with van der Waals surface area (Å²) in [6, 6.07) is 15.1. The van der Waals surface area contributed by atoms with Crippen molar-refractivity contribution in [1.29, 1.82) is 0 Å². The van der Waals surface area contributed by atoms with E-state index in [1.807, 2.05) is 4.90 Å². The molecule has 0 aromatic heterocycles. The fourth-order valence-corrected chi connectivity index (χ4v) is 3.80. The van der Waals surface area contributed by atoms with Crippen molar-refractivity contribution >= 4 is 11.9 Å². The number of carbonyl (C=O) groups is 1. The number of nitrogens with zero attached hydrogens (tertiary/aromatic N) is 2. The fraction of sp³-hybridized carbons (Fsp3) is 0.417. The van der Waals surface area contributed by atoms with Crippen molar-refractivity contribution in [2.45, 2.75) is 46.2 Å². The predicted molar refractivity (Wildman–Crippen MR) is 119 cm³/mol. The molecule has 0 bridgehead atoms. The molecule has 154 valence electrons. The zero-order chi connectivity index (χ0) is 20.6. The number of guanidine groups is 1. The van der Waals surface area contributed by atoms with Gasteiger partial charge in [0.2, 0.25) is 5.91 Å². The fourth-order valence-electron chi connectivity index (χ4n) is 3.80. The number of carbonyl (C=O) groups excluding carboxylic acids is 1. The van der Waals surface area contributed by atoms with Crippen LogP contribution >= 0.6 is 0 Å². The number of amides is 1. The van der Waals surface area contributed by atoms with Crippen LogP contribution in [0.1, 0.15) is 40.7 Å². The number of aryl methyl sites for hydroxylation is 2. The van der Waals surface area contributed by atoms with E-state index in [-0.39, 0.29) is 5.91 Å². The lowest BCUT2D eigenvalue weighted by atomic mass is 10.1. The Morgan fingerprint density at radius 2 is 1.69 bits per heavy atom. The van der Waals surface area contributed by atoms with Gasteiger partial charge in [-0.05, 0) is 43.4 Å². The second kappa shape index (κ2) is 10.1. The summed E-state index contributed by atoms with van der Waals surface area (Å²) in [7, 11) is 1.79. The molecule has 3 rings (SSSR count). The highest BCUT2D eigenvalue weighted by molar-refractivity contribution is 5.79. The van der Waals surface area contributed by atoms with E-state index in [9.17, 15) is 4.79 Å². The summed E-state index contributed by atoms with van der Waals surface area (Å²) in [5.74, 6) is 1.08. The first-order valence-electron chi connectivity index (χ1n) is 10.4. The summed E-state index contributed by atoms with van der Waals surface area (Å²) >= 11 is 0. The first-order chi connectivity index (χ1) is 14.0. The largest absolute Gasteiger partial charge is 0.356 e. The molecule has 1 amide bonds. The topological polar surface area (TPSA) is 56.7 Å². The summed E-state index contributed by atoms with van der Waals surface area (Å²) in [6.07, 6.45) is 2.64. The van der Waals surface area contributed by atoms with Gasteiger partial charge in [0, 0.05) is 39.6 Å². The van der Waals surface area contributed by atoms with Gasteiger partial charge in [0.15, 0.2) is 5.96 Å². The van der Waals surface area contributed by atoms with Crippen molar-refractivity contribution < 1.29 is 4.79 Å². The molecule has 0 radical (unpaired) electrons. The van der Waals surface area contributed by atoms with Crippen LogP contribution in [0.2, 0.25) is 0 Å². The van der Waals surface area contributed by atoms with E-state index in [4.69, 9.17) is 0 Å². The standard InChI is InChI=1S/C24H32N4O/c1-18-13-19(2)15-22(14-18)10-11-26-24(25-3)27-16-20-6-8-21(9-7-20)17-28-12-4-5-23(28)29/h6-9,13-15H,4-5,10-12,16-17H2,1-3H3,(H2,25,26,27). The van der Waals surface area contributed by atoms with Gasteiger partial charge in [0.1, 0.15) is 0 Å². The first-order valence-corrected chi connectivity index (χ1v) is 10.4. The highest BCUT2D eigenvalue weighted by Gasteiger charge is 2.19. The lowest BCUT2D eigenvalue weighted by Gasteiger charge is -2.16. The Bertz CT molecular complexity index is 837. The van der Waals surface area contributed by atoms with Gasteiger partial charge in [-0.1, -0.05) is 53.6 Å². The SMILES string of the molecule is CN=C(NCCc1cc(C)cc(C)c1)NCc1ccc(CN2CCCC2=O)cc1. The Labute approximate surface area is 174 Å². The van der Waals surface area contributed by atoms with Crippen LogP contribution in [0, 0.1) is 13.8 Å². The molecule has 5 nitrogen and oxygen atoms in total. The molecule has 1 aliphatic heterocycles. The molecule has 0 atom stereocenters. The molecule has 1 heterocycles. The van der Waals surface area contributed by atoms with Crippen molar-refractivity contribution in [3.8, 4) is 0 Å². The number of hydrogen-bond acceptors (Lipinski definition) is 2. The second-order valence-electron chi connectivity index (χ2n) is 7.83. The zero-order valence-corrected chi connectivity index (χ0v) is 17.8. The van der Waals surface area contributed by atoms with Crippen molar-refractivity contribution in [2.75, 3.05) is 20.1 Å². The van der Waals surface area contributed by atoms with E-state index in [0.29, 0.717) is 19.5 Å². The summed E-state index contributed by atoms with van der Waals surface area (Å²) < 4.78 is 0. The molecular weight excluding hydrogens is 360 g/mol. The molecule has 29 heavy (non-hydrogen) atoms. The van der Waals surface area contributed by atoms with Gasteiger partial charge < -0.3 is 15.5 Å². The molecular formula is C24H32N4O. The quantitative estimate of drug-likeness (QED) is 0.561. The Hall–Kier alpha value is -2.82. The maximum atomic E-state index is 11.8. The van der Waals surface area contributed by atoms with Crippen LogP contribution in [0.25, 0.3) is 0 Å². The van der Waals surface area contributed by atoms with Gasteiger partial charge in [-0.2, -0.15) is 0 Å². The maximum absolute atomic E-state index is 11.8. The Morgan fingerprint density at radius 1 is 1.00 bits per heavy atom. The third-order valence-corrected chi connectivity index (χ3v) is 5.24. The van der Waals surface area contributed by atoms with Gasteiger partial charge in [-0.3, -0.25) is 9.79 Å². The molecule has 0 aliphatic carbocycles. The third-order valence-electron chi connectivity index (χ3n) is 5.24. The number of aliphatic imine (C=N–C) groups is 1. The van der Waals surface area contributed by atoms with Gasteiger partial charge in [-0.15, -0.1) is 0 Å². The molecule has 2 aromatic rings. The smallest absolute Gasteiger partial charge is 0.222 e. The van der Waals surface area contributed by atoms with Crippen LogP contribution in [0.15, 0.2) is 47.5 Å². The summed E-state index contributed by atoms with van der Waals surface area (Å²) in [5.41, 5.74) is 6.33. The van der Waals surface area contributed by atoms with E-state index in [1.54, 1.807) is 7.05 Å². The van der Waals surface area contributed by atoms with E-state index < -0.39 is 0 Å². The van der Waals surface area contributed by atoms with Crippen LogP contribution in [0.4, 0.5) is 0 Å². The lowest BCUT2D eigenvalue weighted by Crippen LogP contribution is -2.37. The zero-order valence-electron chi connectivity index (χ0n) is 17.8. The van der Waals surface area contributed by atoms with Crippen molar-refractivity contribution in [1.82, 2.24) is 15.5 Å². The van der Waals surface area contributed by atoms with Crippen molar-refractivity contribution in [2.24, 2.45) is 4.99 Å². The number of hydrogen-bond donors (Lipinski definition) is 2. The van der Waals surface area contributed by atoms with Gasteiger partial charge in [0.05, 0.1) is 0 Å². The van der Waals surface area contributed by atoms with E-state index in [0.717, 1.165) is 31.9 Å². The van der Waals surface area contributed by atoms with E-state index in [2.05, 4.69) is 71.9 Å². The minimum atomic E-state index is 0.270. The van der Waals surface area contributed by atoms with Crippen molar-refractivity contribution in [3.63, 3.8) is 0 Å². The second-order valence-corrected chi connectivity index (χ2v) is 7.83. The molecule has 0 unspecified atom stereocenters. The molecule has 1 aliphatic rings. The molecule has 2 aromatic carbocycles. The number of nitrogens with one attached hydrogen (secondary N) is 2. The van der Waals surface area contributed by atoms with Crippen LogP contribution in [0.3, 0.4) is 0 Å². The molecule has 2 N–H and O–H groups in total.